The van der Waals surface area contributed by atoms with Crippen molar-refractivity contribution < 1.29 is 22.7 Å². The molecule has 1 aliphatic rings. The molecular weight excluding hydrogens is 475 g/mol. The molecule has 5 nitrogen and oxygen atoms in total. The molecule has 0 aliphatic carbocycles. The number of aryl methyl sites for hydroxylation is 1. The van der Waals surface area contributed by atoms with Crippen LogP contribution >= 0.6 is 23.7 Å². The van der Waals surface area contributed by atoms with Crippen LogP contribution in [0.3, 0.4) is 0 Å². The SMILES string of the molecule is CCc1ccc2nc(N(CCN3CCOCC3)C(=O)c3cccc(C(F)(F)F)c3)sc2c1.Cl. The Morgan fingerprint density at radius 1 is 1.18 bits per heavy atom. The molecule has 1 saturated heterocycles. The largest absolute Gasteiger partial charge is 0.416 e. The van der Waals surface area contributed by atoms with Gasteiger partial charge in [-0.3, -0.25) is 14.6 Å². The molecule has 1 aromatic heterocycles. The third-order valence-electron chi connectivity index (χ3n) is 5.51. The van der Waals surface area contributed by atoms with Gasteiger partial charge in [-0.25, -0.2) is 4.98 Å². The van der Waals surface area contributed by atoms with Crippen LogP contribution < -0.4 is 4.90 Å². The summed E-state index contributed by atoms with van der Waals surface area (Å²) in [7, 11) is 0. The van der Waals surface area contributed by atoms with Gasteiger partial charge in [0.15, 0.2) is 5.13 Å². The summed E-state index contributed by atoms with van der Waals surface area (Å²) in [5.74, 6) is -0.487. The first-order valence-electron chi connectivity index (χ1n) is 10.5. The zero-order valence-corrected chi connectivity index (χ0v) is 19.7. The number of ether oxygens (including phenoxy) is 1. The molecule has 0 spiro atoms. The summed E-state index contributed by atoms with van der Waals surface area (Å²) < 4.78 is 45.9. The quantitative estimate of drug-likeness (QED) is 0.463. The fraction of sp³-hybridized carbons (Fsp3) is 0.391. The maximum absolute atomic E-state index is 13.4. The molecule has 2 aromatic carbocycles. The van der Waals surface area contributed by atoms with Crippen molar-refractivity contribution >= 4 is 45.0 Å². The average molecular weight is 500 g/mol. The number of carbonyl (C=O) groups excluding carboxylic acids is 1. The Labute approximate surface area is 200 Å². The van der Waals surface area contributed by atoms with E-state index < -0.39 is 17.6 Å². The van der Waals surface area contributed by atoms with Crippen LogP contribution in [-0.4, -0.2) is 55.2 Å². The van der Waals surface area contributed by atoms with Gasteiger partial charge in [-0.05, 0) is 42.3 Å². The predicted octanol–water partition coefficient (Wildman–Crippen LogP) is 5.28. The van der Waals surface area contributed by atoms with Crippen molar-refractivity contribution in [3.05, 3.63) is 59.2 Å². The summed E-state index contributed by atoms with van der Waals surface area (Å²) in [6.45, 7) is 5.75. The fourth-order valence-corrected chi connectivity index (χ4v) is 4.68. The van der Waals surface area contributed by atoms with Gasteiger partial charge in [0.2, 0.25) is 0 Å². The van der Waals surface area contributed by atoms with Crippen LogP contribution in [0.15, 0.2) is 42.5 Å². The van der Waals surface area contributed by atoms with E-state index >= 15 is 0 Å². The fourth-order valence-electron chi connectivity index (χ4n) is 3.63. The first-order valence-corrected chi connectivity index (χ1v) is 11.4. The highest BCUT2D eigenvalue weighted by Crippen LogP contribution is 2.32. The molecule has 1 fully saturated rings. The minimum atomic E-state index is -4.51. The van der Waals surface area contributed by atoms with Gasteiger partial charge < -0.3 is 4.74 Å². The van der Waals surface area contributed by atoms with E-state index in [9.17, 15) is 18.0 Å². The van der Waals surface area contributed by atoms with Crippen molar-refractivity contribution in [3.63, 3.8) is 0 Å². The summed E-state index contributed by atoms with van der Waals surface area (Å²) in [4.78, 5) is 21.7. The van der Waals surface area contributed by atoms with E-state index in [2.05, 4.69) is 16.8 Å². The van der Waals surface area contributed by atoms with Crippen LogP contribution in [0.5, 0.6) is 0 Å². The maximum Gasteiger partial charge on any atom is 0.416 e. The summed E-state index contributed by atoms with van der Waals surface area (Å²) in [5, 5.41) is 0.490. The summed E-state index contributed by atoms with van der Waals surface area (Å²) in [6.07, 6.45) is -3.63. The number of halogens is 4. The highest BCUT2D eigenvalue weighted by Gasteiger charge is 2.32. The second-order valence-electron chi connectivity index (χ2n) is 7.64. The molecule has 3 aromatic rings. The number of morpholine rings is 1. The summed E-state index contributed by atoms with van der Waals surface area (Å²) >= 11 is 1.38. The van der Waals surface area contributed by atoms with Crippen LogP contribution in [0.4, 0.5) is 18.3 Å². The van der Waals surface area contributed by atoms with Gasteiger partial charge in [0, 0.05) is 31.7 Å². The smallest absolute Gasteiger partial charge is 0.379 e. The van der Waals surface area contributed by atoms with Crippen LogP contribution in [-0.2, 0) is 17.3 Å². The van der Waals surface area contributed by atoms with Gasteiger partial charge in [-0.1, -0.05) is 30.4 Å². The number of benzene rings is 2. The first-order chi connectivity index (χ1) is 15.3. The number of nitrogens with zero attached hydrogens (tertiary/aromatic N) is 3. The number of rotatable bonds is 6. The van der Waals surface area contributed by atoms with Crippen molar-refractivity contribution in [2.45, 2.75) is 19.5 Å². The zero-order valence-electron chi connectivity index (χ0n) is 18.1. The lowest BCUT2D eigenvalue weighted by molar-refractivity contribution is -0.137. The number of alkyl halides is 3. The van der Waals surface area contributed by atoms with Crippen LogP contribution in [0, 0.1) is 0 Å². The highest BCUT2D eigenvalue weighted by molar-refractivity contribution is 7.22. The Kier molecular flexibility index (Phi) is 8.33. The predicted molar refractivity (Wildman–Crippen MR) is 127 cm³/mol. The number of amides is 1. The standard InChI is InChI=1S/C23H24F3N3O2S.ClH/c1-2-16-6-7-19-20(14-16)32-22(27-19)29(9-8-28-10-12-31-13-11-28)21(30)17-4-3-5-18(15-17)23(24,25)26;/h3-7,14-15H,2,8-13H2,1H3;1H. The molecule has 0 atom stereocenters. The van der Waals surface area contributed by atoms with Crippen LogP contribution in [0.25, 0.3) is 10.2 Å². The first kappa shape index (κ1) is 25.4. The van der Waals surface area contributed by atoms with Gasteiger partial charge in [0.1, 0.15) is 0 Å². The van der Waals surface area contributed by atoms with Crippen molar-refractivity contribution in [2.24, 2.45) is 0 Å². The molecule has 0 saturated carbocycles. The molecule has 0 bridgehead atoms. The van der Waals surface area contributed by atoms with E-state index in [0.717, 1.165) is 47.4 Å². The number of hydrogen-bond acceptors (Lipinski definition) is 5. The molecule has 2 heterocycles. The zero-order chi connectivity index (χ0) is 22.7. The van der Waals surface area contributed by atoms with Crippen molar-refractivity contribution in [3.8, 4) is 0 Å². The minimum Gasteiger partial charge on any atom is -0.379 e. The van der Waals surface area contributed by atoms with E-state index in [1.165, 1.54) is 28.4 Å². The van der Waals surface area contributed by atoms with E-state index in [-0.39, 0.29) is 18.0 Å². The Bertz CT molecular complexity index is 1100. The van der Waals surface area contributed by atoms with E-state index in [0.29, 0.717) is 31.4 Å². The van der Waals surface area contributed by atoms with Gasteiger partial charge in [0.25, 0.3) is 5.91 Å². The third-order valence-corrected chi connectivity index (χ3v) is 6.55. The summed E-state index contributed by atoms with van der Waals surface area (Å²) in [6, 6.07) is 10.5. The summed E-state index contributed by atoms with van der Waals surface area (Å²) in [5.41, 5.74) is 1.09. The number of fused-ring (bicyclic) bond motifs is 1. The second-order valence-corrected chi connectivity index (χ2v) is 8.65. The topological polar surface area (TPSA) is 45.7 Å². The molecule has 0 unspecified atom stereocenters. The molecule has 33 heavy (non-hydrogen) atoms. The Morgan fingerprint density at radius 2 is 1.94 bits per heavy atom. The van der Waals surface area contributed by atoms with E-state index in [1.807, 2.05) is 18.2 Å². The molecule has 0 N–H and O–H groups in total. The van der Waals surface area contributed by atoms with Gasteiger partial charge in [0.05, 0.1) is 29.0 Å². The van der Waals surface area contributed by atoms with E-state index in [4.69, 9.17) is 4.74 Å². The number of carbonyl (C=O) groups is 1. The van der Waals surface area contributed by atoms with Crippen LogP contribution in [0.1, 0.15) is 28.4 Å². The lowest BCUT2D eigenvalue weighted by Gasteiger charge is -2.29. The molecule has 4 rings (SSSR count). The molecule has 0 radical (unpaired) electrons. The maximum atomic E-state index is 13.4. The lowest BCUT2D eigenvalue weighted by atomic mass is 10.1. The van der Waals surface area contributed by atoms with Crippen LogP contribution in [0.2, 0.25) is 0 Å². The Morgan fingerprint density at radius 3 is 2.64 bits per heavy atom. The number of anilines is 1. The minimum absolute atomic E-state index is 0. The van der Waals surface area contributed by atoms with Gasteiger partial charge >= 0.3 is 6.18 Å². The molecule has 1 amide bonds. The average Bonchev–Trinajstić information content (AvgIpc) is 3.22. The van der Waals surface area contributed by atoms with Crippen molar-refractivity contribution in [1.82, 2.24) is 9.88 Å². The van der Waals surface area contributed by atoms with Gasteiger partial charge in [-0.15, -0.1) is 12.4 Å². The van der Waals surface area contributed by atoms with Gasteiger partial charge in [-0.2, -0.15) is 13.2 Å². The number of hydrogen-bond donors (Lipinski definition) is 0. The van der Waals surface area contributed by atoms with Crippen molar-refractivity contribution in [1.29, 1.82) is 0 Å². The Balaban J connectivity index is 0.00000306. The monoisotopic (exact) mass is 499 g/mol. The second kappa shape index (κ2) is 10.8. The Hall–Kier alpha value is -2.20. The highest BCUT2D eigenvalue weighted by atomic mass is 35.5. The molecule has 1 aliphatic heterocycles. The third kappa shape index (κ3) is 6.03. The molecule has 10 heteroatoms. The lowest BCUT2D eigenvalue weighted by Crippen LogP contribution is -2.43. The number of thiazole rings is 1. The normalized spacial score (nSPS) is 14.8. The number of aromatic nitrogens is 1. The molecular formula is C23H25ClF3N3O2S. The van der Waals surface area contributed by atoms with E-state index in [1.54, 1.807) is 0 Å². The molecule has 178 valence electrons. The van der Waals surface area contributed by atoms with Crippen molar-refractivity contribution in [2.75, 3.05) is 44.3 Å².